The molecule has 0 bridgehead atoms. The van der Waals surface area contributed by atoms with Crippen LogP contribution >= 0.6 is 11.8 Å². The van der Waals surface area contributed by atoms with E-state index in [-0.39, 0.29) is 12.0 Å². The van der Waals surface area contributed by atoms with E-state index < -0.39 is 0 Å². The van der Waals surface area contributed by atoms with Gasteiger partial charge < -0.3 is 10.3 Å². The molecule has 1 fully saturated rings. The van der Waals surface area contributed by atoms with E-state index in [2.05, 4.69) is 10.1 Å². The van der Waals surface area contributed by atoms with Crippen molar-refractivity contribution in [2.75, 3.05) is 11.5 Å². The highest BCUT2D eigenvalue weighted by Crippen LogP contribution is 2.31. The van der Waals surface area contributed by atoms with Crippen molar-refractivity contribution in [2.24, 2.45) is 11.7 Å². The summed E-state index contributed by atoms with van der Waals surface area (Å²) in [7, 11) is 0. The molecule has 2 unspecified atom stereocenters. The highest BCUT2D eigenvalue weighted by Gasteiger charge is 2.27. The molecule has 1 saturated heterocycles. The molecule has 2 rings (SSSR count). The third-order valence-electron chi connectivity index (χ3n) is 2.72. The van der Waals surface area contributed by atoms with Crippen LogP contribution in [0.3, 0.4) is 0 Å². The summed E-state index contributed by atoms with van der Waals surface area (Å²) in [5, 5.41) is 3.96. The molecule has 0 spiro atoms. The minimum Gasteiger partial charge on any atom is -0.339 e. The zero-order valence-corrected chi connectivity index (χ0v) is 9.96. The van der Waals surface area contributed by atoms with Gasteiger partial charge in [0, 0.05) is 5.92 Å². The maximum absolute atomic E-state index is 6.12. The Morgan fingerprint density at radius 3 is 2.87 bits per heavy atom. The number of hydrogen-bond donors (Lipinski definition) is 1. The normalized spacial score (nSPS) is 23.6. The lowest BCUT2D eigenvalue weighted by Gasteiger charge is -2.13. The van der Waals surface area contributed by atoms with Crippen LogP contribution in [0.4, 0.5) is 0 Å². The zero-order chi connectivity index (χ0) is 10.8. The smallest absolute Gasteiger partial charge is 0.229 e. The Morgan fingerprint density at radius 2 is 2.33 bits per heavy atom. The molecule has 1 aliphatic rings. The molecule has 15 heavy (non-hydrogen) atoms. The first kappa shape index (κ1) is 11.0. The van der Waals surface area contributed by atoms with Gasteiger partial charge in [0.05, 0.1) is 6.04 Å². The molecule has 0 radical (unpaired) electrons. The van der Waals surface area contributed by atoms with Crippen molar-refractivity contribution in [3.05, 3.63) is 11.7 Å². The van der Waals surface area contributed by atoms with Crippen molar-refractivity contribution in [3.63, 3.8) is 0 Å². The summed E-state index contributed by atoms with van der Waals surface area (Å²) in [6, 6.07) is -0.0590. The zero-order valence-electron chi connectivity index (χ0n) is 9.14. The van der Waals surface area contributed by atoms with E-state index in [4.69, 9.17) is 10.3 Å². The summed E-state index contributed by atoms with van der Waals surface area (Å²) < 4.78 is 5.16. The number of thioether (sulfide) groups is 1. The standard InChI is InChI=1S/C10H17N3OS/c1-6(2)10-12-9(13-14-10)8(11)7-3-4-15-5-7/h6-8H,3-5,11H2,1-2H3. The predicted octanol–water partition coefficient (Wildman–Crippen LogP) is 1.95. The number of nitrogens with zero attached hydrogens (tertiary/aromatic N) is 2. The van der Waals surface area contributed by atoms with Gasteiger partial charge in [0.1, 0.15) is 0 Å². The molecular weight excluding hydrogens is 210 g/mol. The molecule has 84 valence electrons. The number of rotatable bonds is 3. The van der Waals surface area contributed by atoms with Crippen molar-refractivity contribution in [1.82, 2.24) is 10.1 Å². The Labute approximate surface area is 94.0 Å². The van der Waals surface area contributed by atoms with Gasteiger partial charge in [-0.3, -0.25) is 0 Å². The quantitative estimate of drug-likeness (QED) is 0.855. The lowest BCUT2D eigenvalue weighted by Crippen LogP contribution is -2.22. The first-order valence-corrected chi connectivity index (χ1v) is 6.50. The summed E-state index contributed by atoms with van der Waals surface area (Å²) in [4.78, 5) is 4.34. The molecule has 2 heterocycles. The van der Waals surface area contributed by atoms with Crippen LogP contribution in [0.1, 0.15) is 43.9 Å². The predicted molar refractivity (Wildman–Crippen MR) is 60.7 cm³/mol. The molecule has 5 heteroatoms. The van der Waals surface area contributed by atoms with Gasteiger partial charge in [0.2, 0.25) is 5.89 Å². The van der Waals surface area contributed by atoms with Gasteiger partial charge in [-0.1, -0.05) is 19.0 Å². The van der Waals surface area contributed by atoms with Crippen molar-refractivity contribution in [2.45, 2.75) is 32.2 Å². The third-order valence-corrected chi connectivity index (χ3v) is 3.91. The van der Waals surface area contributed by atoms with E-state index in [1.807, 2.05) is 25.6 Å². The van der Waals surface area contributed by atoms with Crippen LogP contribution in [0.2, 0.25) is 0 Å². The summed E-state index contributed by atoms with van der Waals surface area (Å²) in [6.07, 6.45) is 1.16. The van der Waals surface area contributed by atoms with E-state index in [1.165, 1.54) is 5.75 Å². The van der Waals surface area contributed by atoms with Crippen LogP contribution in [0.25, 0.3) is 0 Å². The first-order valence-electron chi connectivity index (χ1n) is 5.35. The maximum atomic E-state index is 6.12. The van der Waals surface area contributed by atoms with E-state index in [9.17, 15) is 0 Å². The second kappa shape index (κ2) is 4.53. The molecular formula is C10H17N3OS. The van der Waals surface area contributed by atoms with E-state index in [0.29, 0.717) is 17.6 Å². The van der Waals surface area contributed by atoms with Crippen molar-refractivity contribution < 1.29 is 4.52 Å². The SMILES string of the molecule is CC(C)c1nc(C(N)C2CCSC2)no1. The third kappa shape index (κ3) is 2.34. The van der Waals surface area contributed by atoms with E-state index in [0.717, 1.165) is 12.2 Å². The van der Waals surface area contributed by atoms with Crippen molar-refractivity contribution in [3.8, 4) is 0 Å². The van der Waals surface area contributed by atoms with Crippen molar-refractivity contribution in [1.29, 1.82) is 0 Å². The van der Waals surface area contributed by atoms with Crippen LogP contribution in [-0.2, 0) is 0 Å². The second-order valence-corrected chi connectivity index (χ2v) is 5.44. The number of aromatic nitrogens is 2. The minimum absolute atomic E-state index is 0.0590. The monoisotopic (exact) mass is 227 g/mol. The Hall–Kier alpha value is -0.550. The largest absolute Gasteiger partial charge is 0.339 e. The van der Waals surface area contributed by atoms with Gasteiger partial charge in [0.15, 0.2) is 5.82 Å². The Bertz CT molecular complexity index is 320. The lowest BCUT2D eigenvalue weighted by atomic mass is 10.00. The number of nitrogens with two attached hydrogens (primary N) is 1. The topological polar surface area (TPSA) is 64.9 Å². The average molecular weight is 227 g/mol. The Kier molecular flexibility index (Phi) is 3.31. The van der Waals surface area contributed by atoms with Gasteiger partial charge in [-0.15, -0.1) is 0 Å². The van der Waals surface area contributed by atoms with Crippen LogP contribution in [0.5, 0.6) is 0 Å². The van der Waals surface area contributed by atoms with E-state index >= 15 is 0 Å². The summed E-state index contributed by atoms with van der Waals surface area (Å²) in [6.45, 7) is 4.07. The Balaban J connectivity index is 2.07. The summed E-state index contributed by atoms with van der Waals surface area (Å²) >= 11 is 1.95. The van der Waals surface area contributed by atoms with Crippen molar-refractivity contribution >= 4 is 11.8 Å². The molecule has 4 nitrogen and oxygen atoms in total. The highest BCUT2D eigenvalue weighted by molar-refractivity contribution is 7.99. The van der Waals surface area contributed by atoms with Crippen LogP contribution in [-0.4, -0.2) is 21.6 Å². The van der Waals surface area contributed by atoms with Crippen LogP contribution < -0.4 is 5.73 Å². The van der Waals surface area contributed by atoms with E-state index in [1.54, 1.807) is 0 Å². The molecule has 1 aliphatic heterocycles. The lowest BCUT2D eigenvalue weighted by molar-refractivity contribution is 0.351. The number of hydrogen-bond acceptors (Lipinski definition) is 5. The second-order valence-electron chi connectivity index (χ2n) is 4.29. The Morgan fingerprint density at radius 1 is 1.53 bits per heavy atom. The molecule has 0 aromatic carbocycles. The maximum Gasteiger partial charge on any atom is 0.229 e. The summed E-state index contributed by atoms with van der Waals surface area (Å²) in [5.74, 6) is 4.46. The fourth-order valence-corrected chi connectivity index (χ4v) is 2.98. The fourth-order valence-electron chi connectivity index (χ4n) is 1.66. The molecule has 0 aliphatic carbocycles. The molecule has 0 amide bonds. The summed E-state index contributed by atoms with van der Waals surface area (Å²) in [5.41, 5.74) is 6.12. The first-order chi connectivity index (χ1) is 7.18. The van der Waals surface area contributed by atoms with Gasteiger partial charge in [-0.05, 0) is 23.8 Å². The molecule has 1 aromatic heterocycles. The van der Waals surface area contributed by atoms with Crippen LogP contribution in [0, 0.1) is 5.92 Å². The molecule has 1 aromatic rings. The highest BCUT2D eigenvalue weighted by atomic mass is 32.2. The molecule has 2 atom stereocenters. The van der Waals surface area contributed by atoms with Crippen LogP contribution in [0.15, 0.2) is 4.52 Å². The minimum atomic E-state index is -0.0590. The fraction of sp³-hybridized carbons (Fsp3) is 0.800. The van der Waals surface area contributed by atoms with Gasteiger partial charge in [0.25, 0.3) is 0 Å². The molecule has 2 N–H and O–H groups in total. The van der Waals surface area contributed by atoms with Gasteiger partial charge in [-0.2, -0.15) is 16.7 Å². The van der Waals surface area contributed by atoms with Gasteiger partial charge in [-0.25, -0.2) is 0 Å². The van der Waals surface area contributed by atoms with Gasteiger partial charge >= 0.3 is 0 Å². The average Bonchev–Trinajstić information content (AvgIpc) is 2.88. The molecule has 0 saturated carbocycles.